The average Bonchev–Trinajstić information content (AvgIpc) is 2.30. The Morgan fingerprint density at radius 2 is 1.81 bits per heavy atom. The molecule has 0 aliphatic heterocycles. The lowest BCUT2D eigenvalue weighted by Gasteiger charge is -2.01. The Morgan fingerprint density at radius 1 is 1.06 bits per heavy atom. The number of carboxylic acids is 1. The molecule has 0 aliphatic rings. The second kappa shape index (κ2) is 4.57. The molecule has 0 saturated carbocycles. The molecule has 0 unspecified atom stereocenters. The number of carboxylic acid groups (broad SMARTS) is 1. The van der Waals surface area contributed by atoms with E-state index in [2.05, 4.69) is 4.98 Å². The summed E-state index contributed by atoms with van der Waals surface area (Å²) in [4.78, 5) is 14.8. The number of aromatic carboxylic acids is 1. The van der Waals surface area contributed by atoms with Gasteiger partial charge in [0.05, 0.1) is 0 Å². The van der Waals surface area contributed by atoms with Crippen molar-refractivity contribution in [2.45, 2.75) is 6.42 Å². The highest BCUT2D eigenvalue weighted by Gasteiger charge is 2.05. The number of pyridine rings is 1. The van der Waals surface area contributed by atoms with Gasteiger partial charge >= 0.3 is 5.97 Å². The van der Waals surface area contributed by atoms with Crippen LogP contribution in [0.2, 0.25) is 0 Å². The summed E-state index contributed by atoms with van der Waals surface area (Å²) >= 11 is 0. The number of hydrogen-bond donors (Lipinski definition) is 1. The van der Waals surface area contributed by atoms with Crippen LogP contribution >= 0.6 is 0 Å². The Labute approximate surface area is 93.4 Å². The van der Waals surface area contributed by atoms with Crippen molar-refractivity contribution >= 4 is 5.97 Å². The maximum atomic E-state index is 10.7. The maximum absolute atomic E-state index is 10.7. The molecular formula is C13H11NO2. The predicted molar refractivity (Wildman–Crippen MR) is 60.4 cm³/mol. The molecule has 2 aromatic rings. The van der Waals surface area contributed by atoms with Gasteiger partial charge in [0.25, 0.3) is 0 Å². The average molecular weight is 213 g/mol. The molecule has 0 saturated heterocycles. The SMILES string of the molecule is O=C(O)c1cccc(Cc2ccccc2)n1. The van der Waals surface area contributed by atoms with Crippen LogP contribution in [0.4, 0.5) is 0 Å². The van der Waals surface area contributed by atoms with E-state index in [1.165, 1.54) is 6.07 Å². The van der Waals surface area contributed by atoms with Gasteiger partial charge in [-0.1, -0.05) is 36.4 Å². The highest BCUT2D eigenvalue weighted by Crippen LogP contribution is 2.07. The summed E-state index contributed by atoms with van der Waals surface area (Å²) in [5, 5.41) is 8.81. The van der Waals surface area contributed by atoms with E-state index in [-0.39, 0.29) is 5.69 Å². The molecule has 16 heavy (non-hydrogen) atoms. The summed E-state index contributed by atoms with van der Waals surface area (Å²) in [5.41, 5.74) is 1.98. The Morgan fingerprint density at radius 3 is 2.50 bits per heavy atom. The number of nitrogens with zero attached hydrogens (tertiary/aromatic N) is 1. The van der Waals surface area contributed by atoms with E-state index in [9.17, 15) is 4.79 Å². The highest BCUT2D eigenvalue weighted by atomic mass is 16.4. The minimum Gasteiger partial charge on any atom is -0.477 e. The van der Waals surface area contributed by atoms with Crippen LogP contribution < -0.4 is 0 Å². The number of aromatic nitrogens is 1. The predicted octanol–water partition coefficient (Wildman–Crippen LogP) is 2.37. The Hall–Kier alpha value is -2.16. The normalized spacial score (nSPS) is 10.0. The lowest BCUT2D eigenvalue weighted by atomic mass is 10.1. The Balaban J connectivity index is 2.22. The van der Waals surface area contributed by atoms with Gasteiger partial charge in [-0.3, -0.25) is 0 Å². The van der Waals surface area contributed by atoms with Gasteiger partial charge in [-0.2, -0.15) is 0 Å². The van der Waals surface area contributed by atoms with Crippen molar-refractivity contribution in [3.63, 3.8) is 0 Å². The number of rotatable bonds is 3. The zero-order chi connectivity index (χ0) is 11.4. The molecule has 3 nitrogen and oxygen atoms in total. The molecule has 80 valence electrons. The van der Waals surface area contributed by atoms with Crippen molar-refractivity contribution in [1.82, 2.24) is 4.98 Å². The molecule has 0 fully saturated rings. The highest BCUT2D eigenvalue weighted by molar-refractivity contribution is 5.85. The molecule has 0 atom stereocenters. The zero-order valence-electron chi connectivity index (χ0n) is 8.63. The Kier molecular flexibility index (Phi) is 2.96. The van der Waals surface area contributed by atoms with Crippen molar-refractivity contribution in [3.8, 4) is 0 Å². The third-order valence-corrected chi connectivity index (χ3v) is 2.25. The summed E-state index contributed by atoms with van der Waals surface area (Å²) < 4.78 is 0. The first-order valence-corrected chi connectivity index (χ1v) is 4.99. The quantitative estimate of drug-likeness (QED) is 0.851. The van der Waals surface area contributed by atoms with Crippen molar-refractivity contribution in [3.05, 3.63) is 65.5 Å². The first kappa shape index (κ1) is 10.4. The van der Waals surface area contributed by atoms with Gasteiger partial charge in [0.15, 0.2) is 0 Å². The third kappa shape index (κ3) is 2.45. The fraction of sp³-hybridized carbons (Fsp3) is 0.0769. The number of carbonyl (C=O) groups is 1. The van der Waals surface area contributed by atoms with E-state index in [1.54, 1.807) is 6.07 Å². The molecular weight excluding hydrogens is 202 g/mol. The standard InChI is InChI=1S/C13H11NO2/c15-13(16)12-8-4-7-11(14-12)9-10-5-2-1-3-6-10/h1-8H,9H2,(H,15,16). The van der Waals surface area contributed by atoms with E-state index in [0.29, 0.717) is 6.42 Å². The van der Waals surface area contributed by atoms with Gasteiger partial charge in [-0.15, -0.1) is 0 Å². The number of benzene rings is 1. The van der Waals surface area contributed by atoms with Crippen LogP contribution in [0.25, 0.3) is 0 Å². The van der Waals surface area contributed by atoms with Gasteiger partial charge in [-0.25, -0.2) is 9.78 Å². The monoisotopic (exact) mass is 213 g/mol. The van der Waals surface area contributed by atoms with Crippen LogP contribution in [-0.4, -0.2) is 16.1 Å². The molecule has 0 radical (unpaired) electrons. The van der Waals surface area contributed by atoms with Crippen LogP contribution in [0, 0.1) is 0 Å². The molecule has 0 amide bonds. The summed E-state index contributed by atoms with van der Waals surface area (Å²) in [6.07, 6.45) is 0.655. The van der Waals surface area contributed by atoms with E-state index < -0.39 is 5.97 Å². The lowest BCUT2D eigenvalue weighted by Crippen LogP contribution is -2.02. The molecule has 0 bridgehead atoms. The minimum atomic E-state index is -0.991. The minimum absolute atomic E-state index is 0.0911. The largest absolute Gasteiger partial charge is 0.477 e. The van der Waals surface area contributed by atoms with Crippen LogP contribution in [0.1, 0.15) is 21.7 Å². The van der Waals surface area contributed by atoms with Gasteiger partial charge in [-0.05, 0) is 17.7 Å². The first-order chi connectivity index (χ1) is 7.75. The van der Waals surface area contributed by atoms with Gasteiger partial charge in [0.2, 0.25) is 0 Å². The molecule has 1 aromatic carbocycles. The molecule has 2 rings (SSSR count). The smallest absolute Gasteiger partial charge is 0.354 e. The van der Waals surface area contributed by atoms with Crippen LogP contribution in [-0.2, 0) is 6.42 Å². The van der Waals surface area contributed by atoms with E-state index in [4.69, 9.17) is 5.11 Å². The summed E-state index contributed by atoms with van der Waals surface area (Å²) in [7, 11) is 0. The van der Waals surface area contributed by atoms with Crippen LogP contribution in [0.3, 0.4) is 0 Å². The van der Waals surface area contributed by atoms with Crippen molar-refractivity contribution < 1.29 is 9.90 Å². The van der Waals surface area contributed by atoms with E-state index >= 15 is 0 Å². The summed E-state index contributed by atoms with van der Waals surface area (Å²) in [6.45, 7) is 0. The number of hydrogen-bond acceptors (Lipinski definition) is 2. The first-order valence-electron chi connectivity index (χ1n) is 4.99. The molecule has 0 aliphatic carbocycles. The second-order valence-electron chi connectivity index (χ2n) is 3.48. The summed E-state index contributed by atoms with van der Waals surface area (Å²) in [6, 6.07) is 14.9. The maximum Gasteiger partial charge on any atom is 0.354 e. The third-order valence-electron chi connectivity index (χ3n) is 2.25. The van der Waals surface area contributed by atoms with Crippen LogP contribution in [0.15, 0.2) is 48.5 Å². The molecule has 1 aromatic heterocycles. The molecule has 0 spiro atoms. The lowest BCUT2D eigenvalue weighted by molar-refractivity contribution is 0.0690. The Bertz CT molecular complexity index is 494. The molecule has 3 heteroatoms. The van der Waals surface area contributed by atoms with Crippen molar-refractivity contribution in [2.24, 2.45) is 0 Å². The fourth-order valence-electron chi connectivity index (χ4n) is 1.50. The van der Waals surface area contributed by atoms with Gasteiger partial charge in [0, 0.05) is 12.1 Å². The van der Waals surface area contributed by atoms with Crippen LogP contribution in [0.5, 0.6) is 0 Å². The molecule has 1 heterocycles. The van der Waals surface area contributed by atoms with Crippen molar-refractivity contribution in [1.29, 1.82) is 0 Å². The van der Waals surface area contributed by atoms with E-state index in [0.717, 1.165) is 11.3 Å². The van der Waals surface area contributed by atoms with E-state index in [1.807, 2.05) is 36.4 Å². The fourth-order valence-corrected chi connectivity index (χ4v) is 1.50. The summed E-state index contributed by atoms with van der Waals surface area (Å²) in [5.74, 6) is -0.991. The second-order valence-corrected chi connectivity index (χ2v) is 3.48. The van der Waals surface area contributed by atoms with Gasteiger partial charge in [0.1, 0.15) is 5.69 Å². The van der Waals surface area contributed by atoms with Gasteiger partial charge < -0.3 is 5.11 Å². The molecule has 1 N–H and O–H groups in total. The zero-order valence-corrected chi connectivity index (χ0v) is 8.63. The topological polar surface area (TPSA) is 50.2 Å². The van der Waals surface area contributed by atoms with Crippen molar-refractivity contribution in [2.75, 3.05) is 0 Å².